The summed E-state index contributed by atoms with van der Waals surface area (Å²) < 4.78 is 31.5. The maximum Gasteiger partial charge on any atom is 0.329 e. The number of esters is 1. The minimum Gasteiger partial charge on any atom is -0.451 e. The zero-order valence-electron chi connectivity index (χ0n) is 15.8. The quantitative estimate of drug-likeness (QED) is 0.551. The molecule has 8 heteroatoms. The fraction of sp³-hybridized carbons (Fsp3) is 0.190. The monoisotopic (exact) mass is 402 g/mol. The Morgan fingerprint density at radius 1 is 1.03 bits per heavy atom. The van der Waals surface area contributed by atoms with Gasteiger partial charge in [-0.25, -0.2) is 13.6 Å². The van der Waals surface area contributed by atoms with Crippen LogP contribution < -0.4 is 10.6 Å². The molecule has 0 saturated heterocycles. The standard InChI is InChI=1S/C21H20F2N2O4/c1-13(24-19(26)11-8-15-6-4-3-5-7-15)21(28)29-14(2)20(27)25-18-10-9-16(22)12-17(18)23/h3-14H,1-2H3,(H,24,26)(H,25,27)/b11-8+/t13-,14+/m0/s1. The Balaban J connectivity index is 1.85. The molecule has 2 aromatic carbocycles. The highest BCUT2D eigenvalue weighted by Crippen LogP contribution is 2.15. The first-order valence-electron chi connectivity index (χ1n) is 8.76. The lowest BCUT2D eigenvalue weighted by molar-refractivity contribution is -0.155. The number of carbonyl (C=O) groups excluding carboxylic acids is 3. The highest BCUT2D eigenvalue weighted by molar-refractivity contribution is 5.97. The second kappa shape index (κ2) is 10.1. The largest absolute Gasteiger partial charge is 0.451 e. The van der Waals surface area contributed by atoms with Crippen molar-refractivity contribution in [1.29, 1.82) is 0 Å². The summed E-state index contributed by atoms with van der Waals surface area (Å²) in [6.07, 6.45) is 1.60. The van der Waals surface area contributed by atoms with E-state index in [-0.39, 0.29) is 5.69 Å². The van der Waals surface area contributed by atoms with E-state index in [0.29, 0.717) is 6.07 Å². The van der Waals surface area contributed by atoms with Gasteiger partial charge in [-0.3, -0.25) is 9.59 Å². The summed E-state index contributed by atoms with van der Waals surface area (Å²) in [4.78, 5) is 36.0. The number of nitrogens with one attached hydrogen (secondary N) is 2. The number of hydrogen-bond donors (Lipinski definition) is 2. The molecule has 0 heterocycles. The number of anilines is 1. The van der Waals surface area contributed by atoms with Crippen LogP contribution in [0.4, 0.5) is 14.5 Å². The highest BCUT2D eigenvalue weighted by Gasteiger charge is 2.23. The minimum absolute atomic E-state index is 0.244. The van der Waals surface area contributed by atoms with Crippen molar-refractivity contribution < 1.29 is 27.9 Å². The summed E-state index contributed by atoms with van der Waals surface area (Å²) in [5.74, 6) is -3.89. The van der Waals surface area contributed by atoms with Crippen molar-refractivity contribution in [3.63, 3.8) is 0 Å². The number of hydrogen-bond acceptors (Lipinski definition) is 4. The second-order valence-electron chi connectivity index (χ2n) is 6.17. The van der Waals surface area contributed by atoms with E-state index in [0.717, 1.165) is 17.7 Å². The lowest BCUT2D eigenvalue weighted by Gasteiger charge is -2.17. The van der Waals surface area contributed by atoms with Crippen molar-refractivity contribution in [2.75, 3.05) is 5.32 Å². The number of halogens is 2. The van der Waals surface area contributed by atoms with Crippen molar-refractivity contribution in [3.8, 4) is 0 Å². The molecule has 0 saturated carbocycles. The summed E-state index contributed by atoms with van der Waals surface area (Å²) >= 11 is 0. The van der Waals surface area contributed by atoms with Gasteiger partial charge in [-0.1, -0.05) is 30.3 Å². The van der Waals surface area contributed by atoms with Crippen molar-refractivity contribution in [2.45, 2.75) is 26.0 Å². The van der Waals surface area contributed by atoms with Gasteiger partial charge in [0.15, 0.2) is 6.10 Å². The van der Waals surface area contributed by atoms with E-state index in [1.54, 1.807) is 6.08 Å². The maximum absolute atomic E-state index is 13.6. The van der Waals surface area contributed by atoms with Crippen molar-refractivity contribution in [3.05, 3.63) is 71.8 Å². The molecular formula is C21H20F2N2O4. The Bertz CT molecular complexity index is 916. The van der Waals surface area contributed by atoms with Gasteiger partial charge in [0.2, 0.25) is 5.91 Å². The van der Waals surface area contributed by atoms with E-state index in [1.807, 2.05) is 30.3 Å². The van der Waals surface area contributed by atoms with Crippen molar-refractivity contribution in [1.82, 2.24) is 5.32 Å². The van der Waals surface area contributed by atoms with Gasteiger partial charge < -0.3 is 15.4 Å². The first-order chi connectivity index (χ1) is 13.8. The average Bonchev–Trinajstić information content (AvgIpc) is 2.69. The van der Waals surface area contributed by atoms with E-state index in [1.165, 1.54) is 19.9 Å². The number of ether oxygens (including phenoxy) is 1. The zero-order valence-corrected chi connectivity index (χ0v) is 15.8. The van der Waals surface area contributed by atoms with E-state index < -0.39 is 41.6 Å². The first kappa shape index (κ1) is 21.7. The molecule has 0 aliphatic rings. The molecule has 2 amide bonds. The van der Waals surface area contributed by atoms with Crippen LogP contribution >= 0.6 is 0 Å². The third-order valence-electron chi connectivity index (χ3n) is 3.79. The molecule has 2 aromatic rings. The SMILES string of the molecule is C[C@H](NC(=O)/C=C/c1ccccc1)C(=O)O[C@H](C)C(=O)Nc1ccc(F)cc1F. The Morgan fingerprint density at radius 3 is 2.38 bits per heavy atom. The molecule has 2 N–H and O–H groups in total. The van der Waals surface area contributed by atoms with Crippen LogP contribution in [0, 0.1) is 11.6 Å². The topological polar surface area (TPSA) is 84.5 Å². The van der Waals surface area contributed by atoms with Crippen LogP contribution in [0.15, 0.2) is 54.6 Å². The molecule has 0 aliphatic heterocycles. The van der Waals surface area contributed by atoms with Crippen LogP contribution in [-0.2, 0) is 19.1 Å². The Morgan fingerprint density at radius 2 is 1.72 bits per heavy atom. The first-order valence-corrected chi connectivity index (χ1v) is 8.76. The van der Waals surface area contributed by atoms with Gasteiger partial charge in [0.25, 0.3) is 5.91 Å². The molecule has 0 bridgehead atoms. The molecule has 0 unspecified atom stereocenters. The Kier molecular flexibility index (Phi) is 7.59. The third-order valence-corrected chi connectivity index (χ3v) is 3.79. The van der Waals surface area contributed by atoms with E-state index >= 15 is 0 Å². The molecule has 152 valence electrons. The Labute approximate surface area is 166 Å². The minimum atomic E-state index is -1.26. The van der Waals surface area contributed by atoms with Gasteiger partial charge in [-0.15, -0.1) is 0 Å². The van der Waals surface area contributed by atoms with Crippen LogP contribution in [-0.4, -0.2) is 29.9 Å². The normalized spacial score (nSPS) is 12.8. The number of amides is 2. The van der Waals surface area contributed by atoms with Gasteiger partial charge in [0.05, 0.1) is 5.69 Å². The fourth-order valence-corrected chi connectivity index (χ4v) is 2.21. The molecule has 0 radical (unpaired) electrons. The number of carbonyl (C=O) groups is 3. The molecule has 2 atom stereocenters. The summed E-state index contributed by atoms with van der Waals surface area (Å²) in [5, 5.41) is 4.63. The smallest absolute Gasteiger partial charge is 0.329 e. The van der Waals surface area contributed by atoms with Gasteiger partial charge in [0, 0.05) is 12.1 Å². The molecule has 0 fully saturated rings. The molecule has 0 aliphatic carbocycles. The third kappa shape index (κ3) is 6.84. The highest BCUT2D eigenvalue weighted by atomic mass is 19.1. The number of benzene rings is 2. The summed E-state index contributed by atoms with van der Waals surface area (Å²) in [5.41, 5.74) is 0.572. The number of rotatable bonds is 7. The molecule has 0 aromatic heterocycles. The summed E-state index contributed by atoms with van der Waals surface area (Å²) in [6, 6.07) is 10.8. The summed E-state index contributed by atoms with van der Waals surface area (Å²) in [7, 11) is 0. The average molecular weight is 402 g/mol. The van der Waals surface area contributed by atoms with Gasteiger partial charge in [-0.05, 0) is 37.6 Å². The fourth-order valence-electron chi connectivity index (χ4n) is 2.21. The molecule has 6 nitrogen and oxygen atoms in total. The second-order valence-corrected chi connectivity index (χ2v) is 6.17. The van der Waals surface area contributed by atoms with Gasteiger partial charge >= 0.3 is 5.97 Å². The molecule has 29 heavy (non-hydrogen) atoms. The van der Waals surface area contributed by atoms with E-state index in [2.05, 4.69) is 10.6 Å². The van der Waals surface area contributed by atoms with E-state index in [9.17, 15) is 23.2 Å². The van der Waals surface area contributed by atoms with Crippen LogP contribution in [0.3, 0.4) is 0 Å². The Hall–Kier alpha value is -3.55. The molecule has 0 spiro atoms. The molecular weight excluding hydrogens is 382 g/mol. The molecule has 2 rings (SSSR count). The van der Waals surface area contributed by atoms with Crippen LogP contribution in [0.25, 0.3) is 6.08 Å². The van der Waals surface area contributed by atoms with Crippen LogP contribution in [0.5, 0.6) is 0 Å². The lowest BCUT2D eigenvalue weighted by atomic mass is 10.2. The van der Waals surface area contributed by atoms with Crippen LogP contribution in [0.2, 0.25) is 0 Å². The lowest BCUT2D eigenvalue weighted by Crippen LogP contribution is -2.41. The summed E-state index contributed by atoms with van der Waals surface area (Å²) in [6.45, 7) is 2.69. The van der Waals surface area contributed by atoms with Gasteiger partial charge in [-0.2, -0.15) is 0 Å². The van der Waals surface area contributed by atoms with E-state index in [4.69, 9.17) is 4.74 Å². The predicted octanol–water partition coefficient (Wildman–Crippen LogP) is 3.05. The van der Waals surface area contributed by atoms with Crippen molar-refractivity contribution >= 4 is 29.5 Å². The van der Waals surface area contributed by atoms with Gasteiger partial charge in [0.1, 0.15) is 17.7 Å². The van der Waals surface area contributed by atoms with Crippen LogP contribution in [0.1, 0.15) is 19.4 Å². The zero-order chi connectivity index (χ0) is 21.4. The maximum atomic E-state index is 13.6. The van der Waals surface area contributed by atoms with Crippen molar-refractivity contribution in [2.24, 2.45) is 0 Å². The predicted molar refractivity (Wildman–Crippen MR) is 104 cm³/mol.